The number of carboxylic acids is 1. The van der Waals surface area contributed by atoms with E-state index in [4.69, 9.17) is 4.74 Å². The fourth-order valence-electron chi connectivity index (χ4n) is 3.69. The molecule has 0 unspecified atom stereocenters. The third-order valence-electron chi connectivity index (χ3n) is 4.84. The Kier molecular flexibility index (Phi) is 4.90. The van der Waals surface area contributed by atoms with Gasteiger partial charge >= 0.3 is 11.9 Å². The Bertz CT molecular complexity index is 756. The second kappa shape index (κ2) is 7.11. The van der Waals surface area contributed by atoms with Crippen LogP contribution in [0.4, 0.5) is 0 Å². The lowest BCUT2D eigenvalue weighted by atomic mass is 9.90. The van der Waals surface area contributed by atoms with E-state index in [9.17, 15) is 14.7 Å². The number of hydrogen-bond donors (Lipinski definition) is 2. The molecule has 2 aromatic rings. The molecule has 1 fully saturated rings. The van der Waals surface area contributed by atoms with Gasteiger partial charge < -0.3 is 14.8 Å². The Balaban J connectivity index is 2.02. The van der Waals surface area contributed by atoms with Crippen LogP contribution in [0.15, 0.2) is 42.7 Å². The minimum atomic E-state index is -0.920. The van der Waals surface area contributed by atoms with Gasteiger partial charge in [-0.1, -0.05) is 30.3 Å². The van der Waals surface area contributed by atoms with E-state index in [0.29, 0.717) is 0 Å². The molecule has 2 N–H and O–H groups in total. The molecule has 1 aromatic carbocycles. The highest BCUT2D eigenvalue weighted by Crippen LogP contribution is 2.44. The molecular formula is C19H22N2O4. The molecule has 2 heterocycles. The van der Waals surface area contributed by atoms with Gasteiger partial charge in [-0.05, 0) is 31.5 Å². The van der Waals surface area contributed by atoms with E-state index in [0.717, 1.165) is 16.7 Å². The van der Waals surface area contributed by atoms with Gasteiger partial charge in [0.2, 0.25) is 0 Å². The Morgan fingerprint density at radius 1 is 1.28 bits per heavy atom. The summed E-state index contributed by atoms with van der Waals surface area (Å²) in [5.41, 5.74) is 2.90. The van der Waals surface area contributed by atoms with Crippen molar-refractivity contribution < 1.29 is 19.4 Å². The van der Waals surface area contributed by atoms with Crippen molar-refractivity contribution in [1.29, 1.82) is 0 Å². The summed E-state index contributed by atoms with van der Waals surface area (Å²) in [6.07, 6.45) is 3.98. The summed E-state index contributed by atoms with van der Waals surface area (Å²) in [5, 5.41) is 9.51. The fraction of sp³-hybridized carbons (Fsp3) is 0.368. The highest BCUT2D eigenvalue weighted by Gasteiger charge is 2.48. The summed E-state index contributed by atoms with van der Waals surface area (Å²) in [5.74, 6) is -1.77. The van der Waals surface area contributed by atoms with Crippen LogP contribution in [0.3, 0.4) is 0 Å². The molecule has 0 spiro atoms. The largest absolute Gasteiger partial charge is 0.480 e. The molecule has 0 amide bonds. The second-order valence-corrected chi connectivity index (χ2v) is 6.25. The lowest BCUT2D eigenvalue weighted by molar-refractivity contribution is -0.148. The van der Waals surface area contributed by atoms with Crippen LogP contribution in [0, 0.1) is 5.92 Å². The number of hydrogen-bond acceptors (Lipinski definition) is 4. The molecule has 1 aromatic heterocycles. The van der Waals surface area contributed by atoms with Crippen molar-refractivity contribution in [2.24, 2.45) is 5.92 Å². The van der Waals surface area contributed by atoms with E-state index in [-0.39, 0.29) is 25.0 Å². The van der Waals surface area contributed by atoms with Crippen molar-refractivity contribution in [3.8, 4) is 11.1 Å². The summed E-state index contributed by atoms with van der Waals surface area (Å²) in [4.78, 5) is 28.9. The van der Waals surface area contributed by atoms with Gasteiger partial charge in [-0.25, -0.2) is 0 Å². The predicted molar refractivity (Wildman–Crippen MR) is 92.9 cm³/mol. The van der Waals surface area contributed by atoms with E-state index >= 15 is 0 Å². The third-order valence-corrected chi connectivity index (χ3v) is 4.84. The molecule has 1 aliphatic heterocycles. The lowest BCUT2D eigenvalue weighted by Gasteiger charge is -2.26. The van der Waals surface area contributed by atoms with E-state index in [1.54, 1.807) is 18.9 Å². The Morgan fingerprint density at radius 3 is 2.64 bits per heavy atom. The van der Waals surface area contributed by atoms with E-state index in [2.05, 4.69) is 4.98 Å². The number of carbonyl (C=O) groups is 2. The molecule has 3 rings (SSSR count). The number of rotatable bonds is 5. The van der Waals surface area contributed by atoms with Crippen LogP contribution >= 0.6 is 0 Å². The van der Waals surface area contributed by atoms with Gasteiger partial charge in [-0.15, -0.1) is 0 Å². The quantitative estimate of drug-likeness (QED) is 0.817. The van der Waals surface area contributed by atoms with E-state index in [1.165, 1.54) is 0 Å². The van der Waals surface area contributed by atoms with Gasteiger partial charge in [0.15, 0.2) is 0 Å². The Hall–Kier alpha value is -2.60. The number of aliphatic carboxylic acids is 1. The van der Waals surface area contributed by atoms with Crippen LogP contribution in [0.1, 0.15) is 24.9 Å². The Morgan fingerprint density at radius 2 is 2.00 bits per heavy atom. The van der Waals surface area contributed by atoms with Crippen LogP contribution < -0.4 is 0 Å². The molecule has 6 nitrogen and oxygen atoms in total. The van der Waals surface area contributed by atoms with Gasteiger partial charge in [-0.3, -0.25) is 14.5 Å². The zero-order valence-electron chi connectivity index (χ0n) is 14.3. The smallest absolute Gasteiger partial charge is 0.320 e. The number of esters is 1. The topological polar surface area (TPSA) is 82.6 Å². The highest BCUT2D eigenvalue weighted by molar-refractivity contribution is 5.80. The van der Waals surface area contributed by atoms with E-state index < -0.39 is 17.9 Å². The van der Waals surface area contributed by atoms with Crippen molar-refractivity contribution >= 4 is 11.9 Å². The molecule has 0 aliphatic carbocycles. The van der Waals surface area contributed by atoms with Crippen LogP contribution in [0.5, 0.6) is 0 Å². The summed E-state index contributed by atoms with van der Waals surface area (Å²) >= 11 is 0. The average Bonchev–Trinajstić information content (AvgIpc) is 3.20. The molecule has 3 atom stereocenters. The van der Waals surface area contributed by atoms with Crippen molar-refractivity contribution in [3.63, 3.8) is 0 Å². The monoisotopic (exact) mass is 342 g/mol. The molecule has 1 saturated heterocycles. The number of nitrogens with one attached hydrogen (secondary N) is 1. The Labute approximate surface area is 146 Å². The summed E-state index contributed by atoms with van der Waals surface area (Å²) in [6.45, 7) is 2.04. The number of likely N-dealkylation sites (N-methyl/N-ethyl adjacent to an activating group) is 1. The zero-order chi connectivity index (χ0) is 18.0. The number of carboxylic acid groups (broad SMARTS) is 1. The molecule has 1 aliphatic rings. The summed E-state index contributed by atoms with van der Waals surface area (Å²) in [7, 11) is 1.75. The minimum absolute atomic E-state index is 0.245. The standard InChI is InChI=1S/C19H22N2O4/c1-3-25-19(24)13-9-16(18(22)23)21(2)17(13)15-11-20-10-14(15)12-7-5-4-6-8-12/h4-8,10-11,13,16-17,20H,3,9H2,1-2H3,(H,22,23)/t13-,16+,17-/m0/s1. The second-order valence-electron chi connectivity index (χ2n) is 6.25. The normalized spacial score (nSPS) is 23.5. The predicted octanol–water partition coefficient (Wildman–Crippen LogP) is 2.69. The fourth-order valence-corrected chi connectivity index (χ4v) is 3.69. The maximum absolute atomic E-state index is 12.5. The molecule has 132 valence electrons. The number of H-pyrrole nitrogens is 1. The van der Waals surface area contributed by atoms with Gasteiger partial charge in [0.05, 0.1) is 18.6 Å². The molecule has 6 heteroatoms. The molecular weight excluding hydrogens is 320 g/mol. The number of likely N-dealkylation sites (tertiary alicyclic amines) is 1. The van der Waals surface area contributed by atoms with Crippen molar-refractivity contribution in [1.82, 2.24) is 9.88 Å². The maximum Gasteiger partial charge on any atom is 0.320 e. The first-order valence-electron chi connectivity index (χ1n) is 8.38. The third kappa shape index (κ3) is 3.17. The summed E-state index contributed by atoms with van der Waals surface area (Å²) in [6, 6.07) is 8.78. The zero-order valence-corrected chi connectivity index (χ0v) is 14.3. The summed E-state index contributed by atoms with van der Waals surface area (Å²) < 4.78 is 5.21. The van der Waals surface area contributed by atoms with Gasteiger partial charge in [0.25, 0.3) is 0 Å². The molecule has 0 radical (unpaired) electrons. The molecule has 0 bridgehead atoms. The lowest BCUT2D eigenvalue weighted by Crippen LogP contribution is -2.34. The van der Waals surface area contributed by atoms with Crippen molar-refractivity contribution in [3.05, 3.63) is 48.3 Å². The number of carbonyl (C=O) groups excluding carboxylic acids is 1. The minimum Gasteiger partial charge on any atom is -0.480 e. The molecule has 25 heavy (non-hydrogen) atoms. The number of benzene rings is 1. The van der Waals surface area contributed by atoms with Crippen LogP contribution in [-0.2, 0) is 14.3 Å². The highest BCUT2D eigenvalue weighted by atomic mass is 16.5. The van der Waals surface area contributed by atoms with Crippen molar-refractivity contribution in [2.75, 3.05) is 13.7 Å². The molecule has 0 saturated carbocycles. The number of nitrogens with zero attached hydrogens (tertiary/aromatic N) is 1. The SMILES string of the molecule is CCOC(=O)[C@H]1C[C@H](C(=O)O)N(C)[C@@H]1c1c[nH]cc1-c1ccccc1. The van der Waals surface area contributed by atoms with E-state index in [1.807, 2.05) is 42.7 Å². The number of aromatic amines is 1. The van der Waals surface area contributed by atoms with Crippen molar-refractivity contribution in [2.45, 2.75) is 25.4 Å². The van der Waals surface area contributed by atoms with Crippen LogP contribution in [0.25, 0.3) is 11.1 Å². The van der Waals surface area contributed by atoms with Gasteiger partial charge in [-0.2, -0.15) is 0 Å². The van der Waals surface area contributed by atoms with Gasteiger partial charge in [0, 0.05) is 18.0 Å². The number of ether oxygens (including phenoxy) is 1. The maximum atomic E-state index is 12.5. The van der Waals surface area contributed by atoms with Crippen LogP contribution in [-0.4, -0.2) is 46.6 Å². The first-order valence-corrected chi connectivity index (χ1v) is 8.38. The number of aromatic nitrogens is 1. The van der Waals surface area contributed by atoms with Gasteiger partial charge in [0.1, 0.15) is 6.04 Å². The first kappa shape index (κ1) is 17.2. The van der Waals surface area contributed by atoms with Crippen LogP contribution in [0.2, 0.25) is 0 Å². The first-order chi connectivity index (χ1) is 12.0. The average molecular weight is 342 g/mol.